The zero-order valence-corrected chi connectivity index (χ0v) is 16.7. The normalized spacial score (nSPS) is 12.3. The average Bonchev–Trinajstić information content (AvgIpc) is 2.60. The van der Waals surface area contributed by atoms with Gasteiger partial charge in [-0.3, -0.25) is 0 Å². The Kier molecular flexibility index (Phi) is 6.07. The summed E-state index contributed by atoms with van der Waals surface area (Å²) in [6.45, 7) is 1.82. The maximum atomic E-state index is 12.4. The topological polar surface area (TPSA) is 92.8 Å². The lowest BCUT2D eigenvalue weighted by atomic mass is 10.2. The van der Waals surface area contributed by atoms with E-state index in [2.05, 4.69) is 4.72 Å². The molecule has 0 heterocycles. The summed E-state index contributed by atoms with van der Waals surface area (Å²) < 4.78 is 57.7. The third-order valence-corrected chi connectivity index (χ3v) is 7.07. The predicted octanol–water partition coefficient (Wildman–Crippen LogP) is 1.73. The Labute approximate surface area is 154 Å². The Bertz CT molecular complexity index is 982. The van der Waals surface area contributed by atoms with Gasteiger partial charge in [-0.15, -0.1) is 0 Å². The molecule has 0 aromatic heterocycles. The van der Waals surface area contributed by atoms with Gasteiger partial charge in [0.2, 0.25) is 20.0 Å². The van der Waals surface area contributed by atoms with Gasteiger partial charge in [-0.05, 0) is 48.4 Å². The Morgan fingerprint density at radius 2 is 1.54 bits per heavy atom. The number of methoxy groups -OCH3 is 1. The quantitative estimate of drug-likeness (QED) is 0.767. The van der Waals surface area contributed by atoms with Gasteiger partial charge in [-0.25, -0.2) is 25.9 Å². The fourth-order valence-corrected chi connectivity index (χ4v) is 4.27. The average molecular weight is 399 g/mol. The second-order valence-corrected chi connectivity index (χ2v) is 9.81. The molecule has 0 amide bonds. The smallest absolute Gasteiger partial charge is 0.242 e. The van der Waals surface area contributed by atoms with Crippen LogP contribution in [0.15, 0.2) is 52.3 Å². The van der Waals surface area contributed by atoms with E-state index in [0.29, 0.717) is 16.9 Å². The minimum absolute atomic E-state index is 0.0513. The molecule has 2 aromatic carbocycles. The van der Waals surface area contributed by atoms with Crippen molar-refractivity contribution >= 4 is 20.0 Å². The molecule has 0 aliphatic carbocycles. The number of hydrogen-bond acceptors (Lipinski definition) is 5. The summed E-state index contributed by atoms with van der Waals surface area (Å²) in [6, 6.07) is 10.7. The highest BCUT2D eigenvalue weighted by Gasteiger charge is 2.18. The molecule has 2 aromatic rings. The first-order valence-corrected chi connectivity index (χ1v) is 10.7. The van der Waals surface area contributed by atoms with E-state index in [0.717, 1.165) is 4.31 Å². The van der Waals surface area contributed by atoms with E-state index >= 15 is 0 Å². The van der Waals surface area contributed by atoms with Gasteiger partial charge >= 0.3 is 0 Å². The van der Waals surface area contributed by atoms with Crippen molar-refractivity contribution in [3.8, 4) is 5.75 Å². The van der Waals surface area contributed by atoms with Crippen molar-refractivity contribution < 1.29 is 21.6 Å². The van der Waals surface area contributed by atoms with Crippen LogP contribution in [0.1, 0.15) is 11.1 Å². The highest BCUT2D eigenvalue weighted by Crippen LogP contribution is 2.21. The van der Waals surface area contributed by atoms with E-state index in [1.54, 1.807) is 25.1 Å². The molecular weight excluding hydrogens is 376 g/mol. The van der Waals surface area contributed by atoms with Gasteiger partial charge in [0.1, 0.15) is 5.75 Å². The van der Waals surface area contributed by atoms with E-state index in [1.165, 1.54) is 45.5 Å². The molecule has 0 aliphatic heterocycles. The number of aryl methyl sites for hydroxylation is 1. The van der Waals surface area contributed by atoms with Crippen LogP contribution in [-0.4, -0.2) is 42.3 Å². The fraction of sp³-hybridized carbons (Fsp3) is 0.294. The van der Waals surface area contributed by atoms with Gasteiger partial charge in [0.25, 0.3) is 0 Å². The molecule has 2 rings (SSSR count). The predicted molar refractivity (Wildman–Crippen MR) is 99.1 cm³/mol. The van der Waals surface area contributed by atoms with Crippen molar-refractivity contribution in [1.82, 2.24) is 9.03 Å². The van der Waals surface area contributed by atoms with Gasteiger partial charge in [-0.1, -0.05) is 12.1 Å². The third-order valence-electron chi connectivity index (χ3n) is 3.84. The lowest BCUT2D eigenvalue weighted by Gasteiger charge is -2.12. The summed E-state index contributed by atoms with van der Waals surface area (Å²) in [7, 11) is -2.77. The second kappa shape index (κ2) is 7.75. The summed E-state index contributed by atoms with van der Waals surface area (Å²) in [4.78, 5) is 0.294. The zero-order valence-electron chi connectivity index (χ0n) is 15.1. The van der Waals surface area contributed by atoms with Crippen molar-refractivity contribution in [2.24, 2.45) is 0 Å². The van der Waals surface area contributed by atoms with Gasteiger partial charge < -0.3 is 4.74 Å². The van der Waals surface area contributed by atoms with Crippen molar-refractivity contribution in [1.29, 1.82) is 0 Å². The first-order chi connectivity index (χ1) is 12.1. The summed E-state index contributed by atoms with van der Waals surface area (Å²) >= 11 is 0. The fourth-order valence-electron chi connectivity index (χ4n) is 2.27. The molecule has 0 atom stereocenters. The molecule has 0 fully saturated rings. The van der Waals surface area contributed by atoms with E-state index in [9.17, 15) is 16.8 Å². The molecule has 142 valence electrons. The number of nitrogens with zero attached hydrogens (tertiary/aromatic N) is 1. The lowest BCUT2D eigenvalue weighted by molar-refractivity contribution is 0.411. The number of rotatable bonds is 7. The minimum Gasteiger partial charge on any atom is -0.496 e. The van der Waals surface area contributed by atoms with Crippen LogP contribution in [0.25, 0.3) is 0 Å². The van der Waals surface area contributed by atoms with Gasteiger partial charge in [-0.2, -0.15) is 0 Å². The molecule has 7 nitrogen and oxygen atoms in total. The molecule has 0 bridgehead atoms. The van der Waals surface area contributed by atoms with Gasteiger partial charge in [0.15, 0.2) is 0 Å². The van der Waals surface area contributed by atoms with Crippen LogP contribution in [0, 0.1) is 6.92 Å². The van der Waals surface area contributed by atoms with Crippen LogP contribution in [-0.2, 0) is 26.6 Å². The first kappa shape index (κ1) is 20.4. The standard InChI is InChI=1S/C17H22N2O5S2/c1-13-11-16(9-10-17(13)24-4)25(20,21)18-12-14-5-7-15(8-6-14)26(22,23)19(2)3/h5-11,18H,12H2,1-4H3. The molecule has 9 heteroatoms. The summed E-state index contributed by atoms with van der Waals surface area (Å²) in [5.74, 6) is 0.613. The van der Waals surface area contributed by atoms with Crippen LogP contribution in [0.5, 0.6) is 5.75 Å². The summed E-state index contributed by atoms with van der Waals surface area (Å²) in [5.41, 5.74) is 1.37. The number of hydrogen-bond donors (Lipinski definition) is 1. The van der Waals surface area contributed by atoms with Crippen molar-refractivity contribution in [2.75, 3.05) is 21.2 Å². The second-order valence-electron chi connectivity index (χ2n) is 5.89. The Hall–Kier alpha value is -1.94. The third kappa shape index (κ3) is 4.42. The Morgan fingerprint density at radius 3 is 2.04 bits per heavy atom. The van der Waals surface area contributed by atoms with Crippen LogP contribution < -0.4 is 9.46 Å². The van der Waals surface area contributed by atoms with E-state index in [-0.39, 0.29) is 16.3 Å². The zero-order chi connectivity index (χ0) is 19.5. The van der Waals surface area contributed by atoms with Crippen LogP contribution in [0.4, 0.5) is 0 Å². The largest absolute Gasteiger partial charge is 0.496 e. The van der Waals surface area contributed by atoms with Gasteiger partial charge in [0.05, 0.1) is 16.9 Å². The van der Waals surface area contributed by atoms with Crippen molar-refractivity contribution in [2.45, 2.75) is 23.3 Å². The number of nitrogens with one attached hydrogen (secondary N) is 1. The van der Waals surface area contributed by atoms with E-state index < -0.39 is 20.0 Å². The number of benzene rings is 2. The molecule has 0 unspecified atom stereocenters. The molecule has 1 N–H and O–H groups in total. The highest BCUT2D eigenvalue weighted by molar-refractivity contribution is 7.89. The molecular formula is C17H22N2O5S2. The van der Waals surface area contributed by atoms with Crippen LogP contribution >= 0.6 is 0 Å². The number of sulfonamides is 2. The number of ether oxygens (including phenoxy) is 1. The summed E-state index contributed by atoms with van der Waals surface area (Å²) in [6.07, 6.45) is 0. The molecule has 0 radical (unpaired) electrons. The van der Waals surface area contributed by atoms with Crippen LogP contribution in [0.3, 0.4) is 0 Å². The molecule has 0 aliphatic rings. The van der Waals surface area contributed by atoms with Crippen LogP contribution in [0.2, 0.25) is 0 Å². The summed E-state index contributed by atoms with van der Waals surface area (Å²) in [5, 5.41) is 0. The Morgan fingerprint density at radius 1 is 0.962 bits per heavy atom. The molecule has 0 spiro atoms. The Balaban J connectivity index is 2.14. The SMILES string of the molecule is COc1ccc(S(=O)(=O)NCc2ccc(S(=O)(=O)N(C)C)cc2)cc1C. The van der Waals surface area contributed by atoms with Crippen molar-refractivity contribution in [3.63, 3.8) is 0 Å². The molecule has 26 heavy (non-hydrogen) atoms. The minimum atomic E-state index is -3.69. The first-order valence-electron chi connectivity index (χ1n) is 7.73. The monoisotopic (exact) mass is 398 g/mol. The highest BCUT2D eigenvalue weighted by atomic mass is 32.2. The molecule has 0 saturated carbocycles. The van der Waals surface area contributed by atoms with E-state index in [4.69, 9.17) is 4.74 Å². The maximum Gasteiger partial charge on any atom is 0.242 e. The molecule has 0 saturated heterocycles. The van der Waals surface area contributed by atoms with Crippen molar-refractivity contribution in [3.05, 3.63) is 53.6 Å². The van der Waals surface area contributed by atoms with E-state index in [1.807, 2.05) is 0 Å². The lowest BCUT2D eigenvalue weighted by Crippen LogP contribution is -2.24. The maximum absolute atomic E-state index is 12.4. The van der Waals surface area contributed by atoms with Gasteiger partial charge in [0, 0.05) is 20.6 Å².